The molecule has 196 valence electrons. The normalized spacial score (nSPS) is 19.1. The summed E-state index contributed by atoms with van der Waals surface area (Å²) in [7, 11) is -1.84. The molecule has 0 saturated heterocycles. The molecular weight excluding hydrogens is 484 g/mol. The fourth-order valence-electron chi connectivity index (χ4n) is 4.02. The summed E-state index contributed by atoms with van der Waals surface area (Å²) in [5.74, 6) is 0.0462. The number of ether oxygens (including phenoxy) is 1. The molecule has 0 bridgehead atoms. The number of hydrogen-bond acceptors (Lipinski definition) is 6. The second kappa shape index (κ2) is 11.6. The molecule has 0 aliphatic carbocycles. The van der Waals surface area contributed by atoms with Crippen LogP contribution in [0.3, 0.4) is 0 Å². The first kappa shape index (κ1) is 27.3. The maximum atomic E-state index is 13.2. The monoisotopic (exact) mass is 518 g/mol. The molecule has 10 nitrogen and oxygen atoms in total. The van der Waals surface area contributed by atoms with Gasteiger partial charge in [0.2, 0.25) is 15.9 Å². The molecule has 0 unspecified atom stereocenters. The SMILES string of the molecule is C[C@@H]1CN([C@H](C)CO)C(=O)Cc2cc(NS(C)(=O)=O)ccc2O[C@@H]1CN(C)C(=O)Nc1ccccc1. The highest BCUT2D eigenvalue weighted by atomic mass is 32.2. The van der Waals surface area contributed by atoms with Crippen molar-refractivity contribution in [2.24, 2.45) is 5.92 Å². The Balaban J connectivity index is 1.90. The van der Waals surface area contributed by atoms with Gasteiger partial charge < -0.3 is 25.0 Å². The zero-order valence-electron chi connectivity index (χ0n) is 21.0. The number of para-hydroxylation sites is 1. The van der Waals surface area contributed by atoms with Gasteiger partial charge in [-0.25, -0.2) is 13.2 Å². The maximum Gasteiger partial charge on any atom is 0.321 e. The Morgan fingerprint density at radius 2 is 1.92 bits per heavy atom. The van der Waals surface area contributed by atoms with Gasteiger partial charge in [0.25, 0.3) is 0 Å². The lowest BCUT2D eigenvalue weighted by Gasteiger charge is -2.34. The number of fused-ring (bicyclic) bond motifs is 1. The van der Waals surface area contributed by atoms with Crippen LogP contribution in [0.1, 0.15) is 19.4 Å². The molecule has 2 aromatic rings. The van der Waals surface area contributed by atoms with E-state index < -0.39 is 22.2 Å². The molecule has 0 aromatic heterocycles. The van der Waals surface area contributed by atoms with E-state index in [1.807, 2.05) is 25.1 Å². The Kier molecular flexibility index (Phi) is 8.80. The van der Waals surface area contributed by atoms with Crippen LogP contribution in [0.25, 0.3) is 0 Å². The third-order valence-corrected chi connectivity index (χ3v) is 6.65. The molecule has 1 aliphatic rings. The van der Waals surface area contributed by atoms with Gasteiger partial charge in [-0.2, -0.15) is 0 Å². The van der Waals surface area contributed by atoms with E-state index in [9.17, 15) is 23.1 Å². The van der Waals surface area contributed by atoms with Crippen molar-refractivity contribution in [1.82, 2.24) is 9.80 Å². The van der Waals surface area contributed by atoms with Gasteiger partial charge in [-0.15, -0.1) is 0 Å². The highest BCUT2D eigenvalue weighted by molar-refractivity contribution is 7.92. The van der Waals surface area contributed by atoms with Crippen molar-refractivity contribution in [3.8, 4) is 5.75 Å². The van der Waals surface area contributed by atoms with Crippen molar-refractivity contribution in [2.75, 3.05) is 43.0 Å². The summed E-state index contributed by atoms with van der Waals surface area (Å²) in [5, 5.41) is 12.6. The van der Waals surface area contributed by atoms with Crippen LogP contribution in [0.4, 0.5) is 16.2 Å². The van der Waals surface area contributed by atoms with Gasteiger partial charge >= 0.3 is 6.03 Å². The number of anilines is 2. The summed E-state index contributed by atoms with van der Waals surface area (Å²) in [4.78, 5) is 29.1. The van der Waals surface area contributed by atoms with E-state index in [4.69, 9.17) is 4.74 Å². The minimum absolute atomic E-state index is 0.0251. The van der Waals surface area contributed by atoms with Gasteiger partial charge in [-0.3, -0.25) is 9.52 Å². The first-order valence-corrected chi connectivity index (χ1v) is 13.6. The predicted octanol–water partition coefficient (Wildman–Crippen LogP) is 2.37. The first-order valence-electron chi connectivity index (χ1n) is 11.7. The second-order valence-corrected chi connectivity index (χ2v) is 11.0. The number of hydrogen-bond donors (Lipinski definition) is 3. The van der Waals surface area contributed by atoms with Crippen LogP contribution in [0.2, 0.25) is 0 Å². The Morgan fingerprint density at radius 3 is 2.56 bits per heavy atom. The lowest BCUT2D eigenvalue weighted by molar-refractivity contribution is -0.134. The van der Waals surface area contributed by atoms with E-state index >= 15 is 0 Å². The Hall–Kier alpha value is -3.31. The summed E-state index contributed by atoms with van der Waals surface area (Å²) in [6, 6.07) is 13.2. The summed E-state index contributed by atoms with van der Waals surface area (Å²) >= 11 is 0. The molecule has 0 fully saturated rings. The van der Waals surface area contributed by atoms with E-state index in [1.165, 1.54) is 4.90 Å². The van der Waals surface area contributed by atoms with Gasteiger partial charge in [0, 0.05) is 36.4 Å². The van der Waals surface area contributed by atoms with Gasteiger partial charge in [-0.1, -0.05) is 25.1 Å². The van der Waals surface area contributed by atoms with Crippen LogP contribution in [-0.4, -0.2) is 80.4 Å². The van der Waals surface area contributed by atoms with Crippen LogP contribution >= 0.6 is 0 Å². The average molecular weight is 519 g/mol. The van der Waals surface area contributed by atoms with Crippen molar-refractivity contribution >= 4 is 33.3 Å². The number of urea groups is 1. The number of nitrogens with zero attached hydrogens (tertiary/aromatic N) is 2. The van der Waals surface area contributed by atoms with Crippen molar-refractivity contribution in [3.63, 3.8) is 0 Å². The zero-order valence-corrected chi connectivity index (χ0v) is 21.8. The summed E-state index contributed by atoms with van der Waals surface area (Å²) in [6.07, 6.45) is 0.543. The van der Waals surface area contributed by atoms with Crippen LogP contribution < -0.4 is 14.8 Å². The Morgan fingerprint density at radius 1 is 1.22 bits per heavy atom. The number of aliphatic hydroxyl groups excluding tert-OH is 1. The van der Waals surface area contributed by atoms with E-state index in [0.29, 0.717) is 29.2 Å². The third-order valence-electron chi connectivity index (χ3n) is 6.05. The quantitative estimate of drug-likeness (QED) is 0.516. The molecule has 36 heavy (non-hydrogen) atoms. The molecule has 2 aromatic carbocycles. The molecule has 1 aliphatic heterocycles. The number of nitrogens with one attached hydrogen (secondary N) is 2. The van der Waals surface area contributed by atoms with Crippen molar-refractivity contribution in [3.05, 3.63) is 54.1 Å². The molecule has 3 atom stereocenters. The highest BCUT2D eigenvalue weighted by Crippen LogP contribution is 2.29. The molecule has 1 heterocycles. The number of carbonyl (C=O) groups is 2. The van der Waals surface area contributed by atoms with E-state index in [-0.39, 0.29) is 37.4 Å². The molecule has 11 heteroatoms. The van der Waals surface area contributed by atoms with Gasteiger partial charge in [0.05, 0.1) is 31.9 Å². The smallest absolute Gasteiger partial charge is 0.321 e. The number of amides is 3. The third kappa shape index (κ3) is 7.34. The number of benzene rings is 2. The van der Waals surface area contributed by atoms with Crippen molar-refractivity contribution < 1.29 is 27.9 Å². The number of rotatable bonds is 7. The molecule has 0 radical (unpaired) electrons. The average Bonchev–Trinajstić information content (AvgIpc) is 2.86. The van der Waals surface area contributed by atoms with Crippen molar-refractivity contribution in [2.45, 2.75) is 32.4 Å². The Labute approximate surface area is 212 Å². The molecule has 0 spiro atoms. The predicted molar refractivity (Wildman–Crippen MR) is 139 cm³/mol. The van der Waals surface area contributed by atoms with E-state index in [1.54, 1.807) is 49.2 Å². The van der Waals surface area contributed by atoms with Crippen molar-refractivity contribution in [1.29, 1.82) is 0 Å². The van der Waals surface area contributed by atoms with Crippen LogP contribution in [0.15, 0.2) is 48.5 Å². The molecule has 3 rings (SSSR count). The molecule has 0 saturated carbocycles. The number of sulfonamides is 1. The standard InChI is InChI=1S/C25H34N4O6S/c1-17-14-29(18(2)16-30)24(31)13-19-12-21(27-36(4,33)34)10-11-22(19)35-23(17)15-28(3)25(32)26-20-8-6-5-7-9-20/h5-12,17-18,23,27,30H,13-16H2,1-4H3,(H,26,32)/t17-,18-,23-/m1/s1. The van der Waals surface area contributed by atoms with Gasteiger partial charge in [-0.05, 0) is 37.3 Å². The first-order chi connectivity index (χ1) is 17.0. The second-order valence-electron chi connectivity index (χ2n) is 9.26. The van der Waals surface area contributed by atoms with Gasteiger partial charge in [0.15, 0.2) is 0 Å². The van der Waals surface area contributed by atoms with Crippen LogP contribution in [0, 0.1) is 5.92 Å². The minimum Gasteiger partial charge on any atom is -0.488 e. The summed E-state index contributed by atoms with van der Waals surface area (Å²) < 4.78 is 32.2. The Bertz CT molecular complexity index is 1170. The summed E-state index contributed by atoms with van der Waals surface area (Å²) in [6.45, 7) is 4.05. The lowest BCUT2D eigenvalue weighted by atomic mass is 10.0. The zero-order chi connectivity index (χ0) is 26.5. The van der Waals surface area contributed by atoms with Crippen LogP contribution in [0.5, 0.6) is 5.75 Å². The van der Waals surface area contributed by atoms with E-state index in [0.717, 1.165) is 6.26 Å². The lowest BCUT2D eigenvalue weighted by Crippen LogP contribution is -2.48. The number of aliphatic hydroxyl groups is 1. The van der Waals surface area contributed by atoms with Gasteiger partial charge in [0.1, 0.15) is 11.9 Å². The van der Waals surface area contributed by atoms with E-state index in [2.05, 4.69) is 10.0 Å². The highest BCUT2D eigenvalue weighted by Gasteiger charge is 2.32. The fourth-order valence-corrected chi connectivity index (χ4v) is 4.57. The molecule has 3 amide bonds. The maximum absolute atomic E-state index is 13.2. The minimum atomic E-state index is -3.51. The number of likely N-dealkylation sites (N-methyl/N-ethyl adjacent to an activating group) is 1. The molecular formula is C25H34N4O6S. The largest absolute Gasteiger partial charge is 0.488 e. The fraction of sp³-hybridized carbons (Fsp3) is 0.440. The molecule has 3 N–H and O–H groups in total. The topological polar surface area (TPSA) is 128 Å². The number of carbonyl (C=O) groups excluding carboxylic acids is 2. The summed E-state index contributed by atoms with van der Waals surface area (Å²) in [5.41, 5.74) is 1.50. The van der Waals surface area contributed by atoms with Crippen LogP contribution in [-0.2, 0) is 21.2 Å².